The van der Waals surface area contributed by atoms with Crippen LogP contribution in [-0.2, 0) is 14.3 Å². The third kappa shape index (κ3) is 5.19. The Hall–Kier alpha value is -3.51. The number of benzene rings is 1. The fourth-order valence-corrected chi connectivity index (χ4v) is 4.25. The Morgan fingerprint density at radius 3 is 2.69 bits per heavy atom. The van der Waals surface area contributed by atoms with Crippen molar-refractivity contribution in [3.8, 4) is 17.1 Å². The summed E-state index contributed by atoms with van der Waals surface area (Å²) < 4.78 is 57.4. The van der Waals surface area contributed by atoms with Crippen LogP contribution >= 0.6 is 0 Å². The number of aromatic nitrogens is 3. The van der Waals surface area contributed by atoms with E-state index in [1.807, 2.05) is 4.90 Å². The van der Waals surface area contributed by atoms with Gasteiger partial charge in [-0.15, -0.1) is 0 Å². The number of rotatable bonds is 6. The number of nitrogens with zero attached hydrogens (tertiary/aromatic N) is 5. The summed E-state index contributed by atoms with van der Waals surface area (Å²) in [4.78, 5) is 27.8. The molecule has 12 heteroatoms. The van der Waals surface area contributed by atoms with Crippen LogP contribution in [-0.4, -0.2) is 90.9 Å². The van der Waals surface area contributed by atoms with Gasteiger partial charge in [-0.3, -0.25) is 9.78 Å². The number of pyridine rings is 1. The Labute approximate surface area is 204 Å². The molecule has 2 aromatic heterocycles. The normalized spacial score (nSPS) is 18.6. The SMILES string of the molecule is O=C(C(F)F)N1CCO[C@H](COc2nc(-c3ccc(N4CCOCC4)c(F)c3)cc3nccnc23)C1. The molecule has 0 spiro atoms. The molecule has 2 saturated heterocycles. The summed E-state index contributed by atoms with van der Waals surface area (Å²) in [7, 11) is 0. The third-order valence-electron chi connectivity index (χ3n) is 6.06. The second-order valence-corrected chi connectivity index (χ2v) is 8.39. The molecular weight excluding hydrogens is 479 g/mol. The predicted octanol–water partition coefficient (Wildman–Crippen LogP) is 2.54. The first-order chi connectivity index (χ1) is 17.5. The zero-order valence-electron chi connectivity index (χ0n) is 19.3. The Kier molecular flexibility index (Phi) is 7.14. The van der Waals surface area contributed by atoms with Crippen molar-refractivity contribution in [3.05, 3.63) is 42.5 Å². The van der Waals surface area contributed by atoms with E-state index >= 15 is 4.39 Å². The molecule has 2 aliphatic rings. The molecule has 0 saturated carbocycles. The average Bonchev–Trinajstić information content (AvgIpc) is 2.91. The molecule has 0 unspecified atom stereocenters. The minimum Gasteiger partial charge on any atom is -0.473 e. The third-order valence-corrected chi connectivity index (χ3v) is 6.06. The van der Waals surface area contributed by atoms with Crippen molar-refractivity contribution in [3.63, 3.8) is 0 Å². The van der Waals surface area contributed by atoms with Crippen LogP contribution in [0, 0.1) is 5.82 Å². The number of anilines is 1. The first kappa shape index (κ1) is 24.2. The highest BCUT2D eigenvalue weighted by molar-refractivity contribution is 5.83. The van der Waals surface area contributed by atoms with Gasteiger partial charge in [-0.05, 0) is 18.2 Å². The second kappa shape index (κ2) is 10.6. The van der Waals surface area contributed by atoms with Crippen molar-refractivity contribution in [2.45, 2.75) is 12.5 Å². The van der Waals surface area contributed by atoms with Gasteiger partial charge < -0.3 is 24.0 Å². The molecule has 3 aromatic rings. The van der Waals surface area contributed by atoms with Gasteiger partial charge >= 0.3 is 6.43 Å². The number of amides is 1. The molecule has 0 radical (unpaired) electrons. The lowest BCUT2D eigenvalue weighted by Crippen LogP contribution is -2.49. The number of morpholine rings is 2. The maximum atomic E-state index is 15.0. The molecule has 0 aliphatic carbocycles. The van der Waals surface area contributed by atoms with Crippen molar-refractivity contribution in [2.24, 2.45) is 0 Å². The predicted molar refractivity (Wildman–Crippen MR) is 124 cm³/mol. The van der Waals surface area contributed by atoms with Gasteiger partial charge in [-0.1, -0.05) is 6.07 Å². The number of hydrogen-bond acceptors (Lipinski definition) is 8. The van der Waals surface area contributed by atoms with E-state index in [9.17, 15) is 13.6 Å². The monoisotopic (exact) mass is 503 g/mol. The molecule has 1 amide bonds. The largest absolute Gasteiger partial charge is 0.473 e. The van der Waals surface area contributed by atoms with Gasteiger partial charge in [0.15, 0.2) is 5.52 Å². The van der Waals surface area contributed by atoms with Gasteiger partial charge in [-0.2, -0.15) is 8.78 Å². The fourth-order valence-electron chi connectivity index (χ4n) is 4.25. The standard InChI is InChI=1S/C24H24F3N5O4/c25-17-11-15(1-2-20(17)31-5-8-34-9-6-31)18-12-19-21(29-4-3-28-19)23(30-18)36-14-16-13-32(7-10-35-16)24(33)22(26)27/h1-4,11-12,16,22H,5-10,13-14H2/t16-/m0/s1. The second-order valence-electron chi connectivity index (χ2n) is 8.39. The van der Waals surface area contributed by atoms with Crippen LogP contribution < -0.4 is 9.64 Å². The molecule has 0 bridgehead atoms. The summed E-state index contributed by atoms with van der Waals surface area (Å²) in [5.41, 5.74) is 2.35. The van der Waals surface area contributed by atoms with Crippen LogP contribution in [0.2, 0.25) is 0 Å². The van der Waals surface area contributed by atoms with E-state index in [4.69, 9.17) is 14.2 Å². The number of carbonyl (C=O) groups is 1. The van der Waals surface area contributed by atoms with Crippen LogP contribution in [0.1, 0.15) is 0 Å². The van der Waals surface area contributed by atoms with E-state index < -0.39 is 18.4 Å². The summed E-state index contributed by atoms with van der Waals surface area (Å²) >= 11 is 0. The highest BCUT2D eigenvalue weighted by atomic mass is 19.3. The van der Waals surface area contributed by atoms with E-state index in [1.165, 1.54) is 18.5 Å². The van der Waals surface area contributed by atoms with Crippen LogP contribution in [0.5, 0.6) is 5.88 Å². The summed E-state index contributed by atoms with van der Waals surface area (Å²) in [5.74, 6) is -1.46. The zero-order valence-corrected chi connectivity index (χ0v) is 19.3. The maximum absolute atomic E-state index is 15.0. The highest BCUT2D eigenvalue weighted by Crippen LogP contribution is 2.30. The molecule has 190 valence electrons. The topological polar surface area (TPSA) is 89.9 Å². The number of carbonyl (C=O) groups excluding carboxylic acids is 1. The number of ether oxygens (including phenoxy) is 3. The number of alkyl halides is 2. The molecule has 1 aromatic carbocycles. The van der Waals surface area contributed by atoms with Crippen LogP contribution in [0.25, 0.3) is 22.3 Å². The lowest BCUT2D eigenvalue weighted by molar-refractivity contribution is -0.151. The molecule has 0 N–H and O–H groups in total. The first-order valence-corrected chi connectivity index (χ1v) is 11.6. The van der Waals surface area contributed by atoms with Crippen LogP contribution in [0.3, 0.4) is 0 Å². The molecule has 2 aliphatic heterocycles. The van der Waals surface area contributed by atoms with Gasteiger partial charge in [0.1, 0.15) is 18.5 Å². The Morgan fingerprint density at radius 1 is 1.11 bits per heavy atom. The summed E-state index contributed by atoms with van der Waals surface area (Å²) in [6.45, 7) is 2.46. The van der Waals surface area contributed by atoms with E-state index in [2.05, 4.69) is 15.0 Å². The minimum absolute atomic E-state index is 0.0271. The zero-order chi connectivity index (χ0) is 25.1. The van der Waals surface area contributed by atoms with Crippen LogP contribution in [0.4, 0.5) is 18.9 Å². The van der Waals surface area contributed by atoms with Crippen molar-refractivity contribution in [1.82, 2.24) is 19.9 Å². The molecule has 9 nitrogen and oxygen atoms in total. The van der Waals surface area contributed by atoms with Crippen molar-refractivity contribution in [2.75, 3.05) is 57.5 Å². The fraction of sp³-hybridized carbons (Fsp3) is 0.417. The smallest absolute Gasteiger partial charge is 0.315 e. The first-order valence-electron chi connectivity index (χ1n) is 11.6. The summed E-state index contributed by atoms with van der Waals surface area (Å²) in [6, 6.07) is 6.60. The highest BCUT2D eigenvalue weighted by Gasteiger charge is 2.30. The van der Waals surface area contributed by atoms with Crippen LogP contribution in [0.15, 0.2) is 36.7 Å². The molecule has 2 fully saturated rings. The Morgan fingerprint density at radius 2 is 1.92 bits per heavy atom. The minimum atomic E-state index is -3.07. The Bertz CT molecular complexity index is 1240. The lowest BCUT2D eigenvalue weighted by atomic mass is 10.1. The van der Waals surface area contributed by atoms with Gasteiger partial charge in [-0.25, -0.2) is 14.4 Å². The van der Waals surface area contributed by atoms with Gasteiger partial charge in [0.2, 0.25) is 5.88 Å². The average molecular weight is 503 g/mol. The van der Waals surface area contributed by atoms with E-state index in [0.29, 0.717) is 54.3 Å². The van der Waals surface area contributed by atoms with E-state index in [1.54, 1.807) is 18.2 Å². The maximum Gasteiger partial charge on any atom is 0.315 e. The molecular formula is C24H24F3N5O4. The van der Waals surface area contributed by atoms with Gasteiger partial charge in [0.05, 0.1) is 43.3 Å². The summed E-state index contributed by atoms with van der Waals surface area (Å²) in [5, 5.41) is 0. The number of fused-ring (bicyclic) bond motifs is 1. The van der Waals surface area contributed by atoms with Crippen molar-refractivity contribution >= 4 is 22.6 Å². The number of halogens is 3. The number of hydrogen-bond donors (Lipinski definition) is 0. The quantitative estimate of drug-likeness (QED) is 0.507. The Balaban J connectivity index is 1.38. The molecule has 36 heavy (non-hydrogen) atoms. The summed E-state index contributed by atoms with van der Waals surface area (Å²) in [6.07, 6.45) is -0.676. The lowest BCUT2D eigenvalue weighted by Gasteiger charge is -2.32. The van der Waals surface area contributed by atoms with E-state index in [-0.39, 0.29) is 38.0 Å². The van der Waals surface area contributed by atoms with Gasteiger partial charge in [0.25, 0.3) is 5.91 Å². The van der Waals surface area contributed by atoms with Crippen molar-refractivity contribution in [1.29, 1.82) is 0 Å². The molecule has 5 rings (SSSR count). The molecule has 1 atom stereocenters. The van der Waals surface area contributed by atoms with Gasteiger partial charge in [0, 0.05) is 37.6 Å². The van der Waals surface area contributed by atoms with Crippen molar-refractivity contribution < 1.29 is 32.2 Å². The molecule has 4 heterocycles. The van der Waals surface area contributed by atoms with E-state index in [0.717, 1.165) is 4.90 Å².